The molecule has 140 valence electrons. The predicted octanol–water partition coefficient (Wildman–Crippen LogP) is 4.62. The highest BCUT2D eigenvalue weighted by Gasteiger charge is 2.40. The zero-order valence-electron chi connectivity index (χ0n) is 15.1. The first-order valence-corrected chi connectivity index (χ1v) is 9.54. The van der Waals surface area contributed by atoms with Crippen LogP contribution in [0, 0.1) is 0 Å². The number of nitrogens with one attached hydrogen (secondary N) is 4. The lowest BCUT2D eigenvalue weighted by atomic mass is 9.86. The third-order valence-corrected chi connectivity index (χ3v) is 5.27. The van der Waals surface area contributed by atoms with E-state index in [0.717, 1.165) is 40.8 Å². The second kappa shape index (κ2) is 7.12. The zero-order chi connectivity index (χ0) is 18.9. The Hall–Kier alpha value is -2.73. The average Bonchev–Trinajstić information content (AvgIpc) is 3.11. The molecular formula is C20H22ClN5O. The Kier molecular flexibility index (Phi) is 4.66. The third-order valence-electron chi connectivity index (χ3n) is 5.05. The van der Waals surface area contributed by atoms with Gasteiger partial charge in [0.1, 0.15) is 5.54 Å². The van der Waals surface area contributed by atoms with Crippen LogP contribution in [0.2, 0.25) is 5.02 Å². The molecule has 0 fully saturated rings. The fraction of sp³-hybridized carbons (Fsp3) is 0.300. The molecule has 0 spiro atoms. The van der Waals surface area contributed by atoms with Crippen LogP contribution in [-0.4, -0.2) is 28.2 Å². The SMILES string of the molecule is CCCC1(CCNc2cc(Cl)cc3[nH]ncc23)Nc2ccccc2NC1=O. The number of nitrogens with zero attached hydrogens (tertiary/aromatic N) is 1. The maximum atomic E-state index is 12.9. The lowest BCUT2D eigenvalue weighted by molar-refractivity contribution is -0.121. The Morgan fingerprint density at radius 3 is 2.81 bits per heavy atom. The lowest BCUT2D eigenvalue weighted by Crippen LogP contribution is -2.53. The van der Waals surface area contributed by atoms with Crippen LogP contribution < -0.4 is 16.0 Å². The summed E-state index contributed by atoms with van der Waals surface area (Å²) in [6.45, 7) is 2.72. The molecule has 1 unspecified atom stereocenters. The molecule has 1 aromatic heterocycles. The molecule has 27 heavy (non-hydrogen) atoms. The molecule has 2 aromatic carbocycles. The summed E-state index contributed by atoms with van der Waals surface area (Å²) in [7, 11) is 0. The predicted molar refractivity (Wildman–Crippen MR) is 111 cm³/mol. The van der Waals surface area contributed by atoms with Gasteiger partial charge in [0, 0.05) is 22.6 Å². The van der Waals surface area contributed by atoms with E-state index in [-0.39, 0.29) is 5.91 Å². The molecule has 3 aromatic rings. The number of hydrogen-bond acceptors (Lipinski definition) is 4. The first-order valence-electron chi connectivity index (χ1n) is 9.16. The van der Waals surface area contributed by atoms with Crippen LogP contribution in [0.5, 0.6) is 0 Å². The van der Waals surface area contributed by atoms with E-state index in [9.17, 15) is 4.79 Å². The van der Waals surface area contributed by atoms with Crippen molar-refractivity contribution in [3.05, 3.63) is 47.6 Å². The number of benzene rings is 2. The van der Waals surface area contributed by atoms with Crippen molar-refractivity contribution < 1.29 is 4.79 Å². The van der Waals surface area contributed by atoms with E-state index in [4.69, 9.17) is 11.6 Å². The number of aromatic nitrogens is 2. The molecule has 4 rings (SSSR count). The van der Waals surface area contributed by atoms with Gasteiger partial charge in [0.05, 0.1) is 23.1 Å². The Morgan fingerprint density at radius 1 is 1.19 bits per heavy atom. The van der Waals surface area contributed by atoms with Crippen LogP contribution >= 0.6 is 11.6 Å². The van der Waals surface area contributed by atoms with Crippen molar-refractivity contribution >= 4 is 45.5 Å². The monoisotopic (exact) mass is 383 g/mol. The zero-order valence-corrected chi connectivity index (χ0v) is 15.9. The van der Waals surface area contributed by atoms with Crippen LogP contribution in [0.1, 0.15) is 26.2 Å². The summed E-state index contributed by atoms with van der Waals surface area (Å²) in [5.41, 5.74) is 2.96. The van der Waals surface area contributed by atoms with Gasteiger partial charge in [-0.15, -0.1) is 0 Å². The maximum absolute atomic E-state index is 12.9. The van der Waals surface area contributed by atoms with Crippen molar-refractivity contribution in [2.45, 2.75) is 31.7 Å². The van der Waals surface area contributed by atoms with Crippen molar-refractivity contribution in [3.63, 3.8) is 0 Å². The number of anilines is 3. The van der Waals surface area contributed by atoms with Crippen molar-refractivity contribution in [2.75, 3.05) is 22.5 Å². The molecule has 1 aliphatic rings. The van der Waals surface area contributed by atoms with E-state index < -0.39 is 5.54 Å². The number of carbonyl (C=O) groups is 1. The molecule has 4 N–H and O–H groups in total. The molecule has 0 bridgehead atoms. The van der Waals surface area contributed by atoms with Gasteiger partial charge in [-0.05, 0) is 37.1 Å². The largest absolute Gasteiger partial charge is 0.384 e. The van der Waals surface area contributed by atoms with Crippen molar-refractivity contribution in [2.24, 2.45) is 0 Å². The van der Waals surface area contributed by atoms with Crippen molar-refractivity contribution in [1.82, 2.24) is 10.2 Å². The number of para-hydroxylation sites is 2. The maximum Gasteiger partial charge on any atom is 0.250 e. The summed E-state index contributed by atoms with van der Waals surface area (Å²) in [5.74, 6) is 0.0180. The van der Waals surface area contributed by atoms with Gasteiger partial charge in [-0.2, -0.15) is 5.10 Å². The minimum Gasteiger partial charge on any atom is -0.384 e. The van der Waals surface area contributed by atoms with Crippen molar-refractivity contribution in [3.8, 4) is 0 Å². The molecule has 6 nitrogen and oxygen atoms in total. The van der Waals surface area contributed by atoms with Crippen LogP contribution in [0.4, 0.5) is 17.1 Å². The minimum atomic E-state index is -0.635. The molecule has 0 radical (unpaired) electrons. The van der Waals surface area contributed by atoms with Crippen molar-refractivity contribution in [1.29, 1.82) is 0 Å². The number of rotatable bonds is 6. The first kappa shape index (κ1) is 17.7. The molecule has 0 saturated carbocycles. The summed E-state index contributed by atoms with van der Waals surface area (Å²) in [5, 5.41) is 18.6. The van der Waals surface area contributed by atoms with Gasteiger partial charge in [0.2, 0.25) is 5.91 Å². The number of aromatic amines is 1. The topological polar surface area (TPSA) is 81.8 Å². The number of amides is 1. The summed E-state index contributed by atoms with van der Waals surface area (Å²) in [6, 6.07) is 11.5. The van der Waals surface area contributed by atoms with Gasteiger partial charge < -0.3 is 16.0 Å². The molecule has 1 amide bonds. The smallest absolute Gasteiger partial charge is 0.250 e. The molecule has 7 heteroatoms. The van der Waals surface area contributed by atoms with E-state index in [1.54, 1.807) is 6.20 Å². The highest BCUT2D eigenvalue weighted by molar-refractivity contribution is 6.31. The Bertz CT molecular complexity index is 985. The standard InChI is InChI=1S/C20H22ClN5O/c1-2-7-20(19(27)24-15-5-3-4-6-16(15)25-20)8-9-22-17-10-13(21)11-18-14(17)12-23-26-18/h3-6,10-12,22,25H,2,7-9H2,1H3,(H,23,26)(H,24,27). The second-order valence-electron chi connectivity index (χ2n) is 6.92. The Morgan fingerprint density at radius 2 is 2.00 bits per heavy atom. The molecule has 2 heterocycles. The average molecular weight is 384 g/mol. The second-order valence-corrected chi connectivity index (χ2v) is 7.35. The Labute approximate surface area is 162 Å². The number of halogens is 1. The van der Waals surface area contributed by atoms with Crippen LogP contribution in [0.3, 0.4) is 0 Å². The van der Waals surface area contributed by atoms with Gasteiger partial charge in [-0.3, -0.25) is 9.89 Å². The van der Waals surface area contributed by atoms with Gasteiger partial charge >= 0.3 is 0 Å². The number of fused-ring (bicyclic) bond motifs is 2. The fourth-order valence-corrected chi connectivity index (χ4v) is 3.95. The third kappa shape index (κ3) is 3.32. The summed E-state index contributed by atoms with van der Waals surface area (Å²) in [4.78, 5) is 12.9. The quantitative estimate of drug-likeness (QED) is 0.500. The van der Waals surface area contributed by atoms with Gasteiger partial charge in [0.25, 0.3) is 0 Å². The van der Waals surface area contributed by atoms with Gasteiger partial charge in [-0.25, -0.2) is 0 Å². The van der Waals surface area contributed by atoms with E-state index in [1.807, 2.05) is 36.4 Å². The molecule has 0 aliphatic carbocycles. The molecule has 1 aliphatic heterocycles. The van der Waals surface area contributed by atoms with Gasteiger partial charge in [0.15, 0.2) is 0 Å². The first-order chi connectivity index (χ1) is 13.1. The van der Waals surface area contributed by atoms with Crippen LogP contribution in [-0.2, 0) is 4.79 Å². The number of hydrogen-bond donors (Lipinski definition) is 4. The van der Waals surface area contributed by atoms with E-state index in [0.29, 0.717) is 18.0 Å². The highest BCUT2D eigenvalue weighted by atomic mass is 35.5. The van der Waals surface area contributed by atoms with E-state index in [2.05, 4.69) is 33.1 Å². The molecule has 0 saturated heterocycles. The Balaban J connectivity index is 1.54. The summed E-state index contributed by atoms with van der Waals surface area (Å²) in [6.07, 6.45) is 4.09. The normalized spacial score (nSPS) is 18.7. The van der Waals surface area contributed by atoms with E-state index >= 15 is 0 Å². The molecular weight excluding hydrogens is 362 g/mol. The van der Waals surface area contributed by atoms with Crippen LogP contribution in [0.25, 0.3) is 10.9 Å². The highest BCUT2D eigenvalue weighted by Crippen LogP contribution is 2.35. The summed E-state index contributed by atoms with van der Waals surface area (Å²) < 4.78 is 0. The lowest BCUT2D eigenvalue weighted by Gasteiger charge is -2.39. The summed E-state index contributed by atoms with van der Waals surface area (Å²) >= 11 is 6.20. The molecule has 1 atom stereocenters. The number of H-pyrrole nitrogens is 1. The fourth-order valence-electron chi connectivity index (χ4n) is 3.73. The van der Waals surface area contributed by atoms with Gasteiger partial charge in [-0.1, -0.05) is 37.1 Å². The number of carbonyl (C=O) groups excluding carboxylic acids is 1. The minimum absolute atomic E-state index is 0.0180. The van der Waals surface area contributed by atoms with Crippen LogP contribution in [0.15, 0.2) is 42.6 Å². The van der Waals surface area contributed by atoms with E-state index in [1.165, 1.54) is 0 Å².